The molecule has 0 amide bonds. The maximum Gasteiger partial charge on any atom is 0.170 e. The van der Waals surface area contributed by atoms with E-state index in [1.165, 1.54) is 0 Å². The van der Waals surface area contributed by atoms with Crippen molar-refractivity contribution in [1.29, 1.82) is 0 Å². The third-order valence-electron chi connectivity index (χ3n) is 5.99. The van der Waals surface area contributed by atoms with E-state index in [2.05, 4.69) is 15.2 Å². The summed E-state index contributed by atoms with van der Waals surface area (Å²) < 4.78 is 17.9. The standard InChI is InChI=1S/C25H27N3O3S/c1-2-29-18-10-8-17(9-11-18)21-12-13-22(31-21)24-23(20-7-3-4-14-26-20)27-25(32)28(24)16-19-6-5-15-30-19/h3-4,7-14,19,23-24H,2,5-6,15-16H2,1H3,(H,27,32)/t19-,23-,24-/m0/s1. The Labute approximate surface area is 193 Å². The van der Waals surface area contributed by atoms with Crippen LogP contribution in [0.1, 0.15) is 43.3 Å². The van der Waals surface area contributed by atoms with Gasteiger partial charge in [0.2, 0.25) is 0 Å². The molecule has 0 aliphatic carbocycles. The van der Waals surface area contributed by atoms with Crippen LogP contribution in [0, 0.1) is 0 Å². The van der Waals surface area contributed by atoms with Crippen LogP contribution in [0.15, 0.2) is 65.2 Å². The number of ether oxygens (including phenoxy) is 2. The van der Waals surface area contributed by atoms with Crippen molar-refractivity contribution in [2.24, 2.45) is 0 Å². The molecule has 4 heterocycles. The van der Waals surface area contributed by atoms with Gasteiger partial charge in [-0.3, -0.25) is 4.98 Å². The third kappa shape index (κ3) is 4.23. The van der Waals surface area contributed by atoms with Crippen LogP contribution < -0.4 is 10.1 Å². The van der Waals surface area contributed by atoms with Gasteiger partial charge in [-0.05, 0) is 80.5 Å². The average Bonchev–Trinajstić information content (AvgIpc) is 3.57. The van der Waals surface area contributed by atoms with Gasteiger partial charge in [0, 0.05) is 24.9 Å². The van der Waals surface area contributed by atoms with Gasteiger partial charge in [0.05, 0.1) is 24.4 Å². The SMILES string of the molecule is CCOc1ccc(-c2ccc([C@H]3[C@H](c4ccccn4)NC(=S)N3C[C@@H]3CCCO3)o2)cc1. The molecule has 32 heavy (non-hydrogen) atoms. The summed E-state index contributed by atoms with van der Waals surface area (Å²) >= 11 is 5.74. The fourth-order valence-electron chi connectivity index (χ4n) is 4.47. The lowest BCUT2D eigenvalue weighted by atomic mass is 10.0. The molecule has 3 atom stereocenters. The van der Waals surface area contributed by atoms with E-state index in [0.29, 0.717) is 11.7 Å². The summed E-state index contributed by atoms with van der Waals surface area (Å²) in [6.07, 6.45) is 4.14. The van der Waals surface area contributed by atoms with Crippen molar-refractivity contribution in [3.8, 4) is 17.1 Å². The maximum absolute atomic E-state index is 6.40. The first-order chi connectivity index (χ1) is 15.7. The summed E-state index contributed by atoms with van der Waals surface area (Å²) in [5.74, 6) is 2.53. The highest BCUT2D eigenvalue weighted by molar-refractivity contribution is 7.80. The zero-order valence-corrected chi connectivity index (χ0v) is 18.9. The largest absolute Gasteiger partial charge is 0.494 e. The van der Waals surface area contributed by atoms with Crippen molar-refractivity contribution in [3.05, 3.63) is 72.2 Å². The highest BCUT2D eigenvalue weighted by Gasteiger charge is 2.42. The van der Waals surface area contributed by atoms with Crippen LogP contribution in [0.5, 0.6) is 5.75 Å². The molecule has 0 unspecified atom stereocenters. The predicted octanol–water partition coefficient (Wildman–Crippen LogP) is 4.89. The van der Waals surface area contributed by atoms with Gasteiger partial charge in [-0.25, -0.2) is 0 Å². The molecular weight excluding hydrogens is 422 g/mol. The second-order valence-corrected chi connectivity index (χ2v) is 8.46. The fraction of sp³-hybridized carbons (Fsp3) is 0.360. The molecule has 5 rings (SSSR count). The van der Waals surface area contributed by atoms with Gasteiger partial charge in [-0.15, -0.1) is 0 Å². The molecule has 3 aromatic rings. The summed E-state index contributed by atoms with van der Waals surface area (Å²) in [4.78, 5) is 6.79. The van der Waals surface area contributed by atoms with Crippen LogP contribution in [0.2, 0.25) is 0 Å². The average molecular weight is 450 g/mol. The minimum Gasteiger partial charge on any atom is -0.494 e. The van der Waals surface area contributed by atoms with E-state index in [9.17, 15) is 0 Å². The topological polar surface area (TPSA) is 59.8 Å². The lowest BCUT2D eigenvalue weighted by Gasteiger charge is -2.28. The van der Waals surface area contributed by atoms with E-state index in [-0.39, 0.29) is 18.2 Å². The van der Waals surface area contributed by atoms with Gasteiger partial charge >= 0.3 is 0 Å². The Morgan fingerprint density at radius 3 is 2.75 bits per heavy atom. The number of hydrogen-bond donors (Lipinski definition) is 1. The highest BCUT2D eigenvalue weighted by Crippen LogP contribution is 2.41. The molecule has 0 spiro atoms. The lowest BCUT2D eigenvalue weighted by Crippen LogP contribution is -2.36. The number of thiocarbonyl (C=S) groups is 1. The zero-order valence-electron chi connectivity index (χ0n) is 18.1. The number of nitrogens with zero attached hydrogens (tertiary/aromatic N) is 2. The van der Waals surface area contributed by atoms with Crippen molar-refractivity contribution in [3.63, 3.8) is 0 Å². The molecule has 2 aliphatic heterocycles. The number of furan rings is 1. The van der Waals surface area contributed by atoms with Crippen LogP contribution >= 0.6 is 12.2 Å². The first-order valence-electron chi connectivity index (χ1n) is 11.2. The highest BCUT2D eigenvalue weighted by atomic mass is 32.1. The van der Waals surface area contributed by atoms with Crippen LogP contribution in [0.25, 0.3) is 11.3 Å². The van der Waals surface area contributed by atoms with Crippen LogP contribution in [-0.4, -0.2) is 40.9 Å². The van der Waals surface area contributed by atoms with Crippen molar-refractivity contribution in [1.82, 2.24) is 15.2 Å². The Kier molecular flexibility index (Phi) is 6.10. The Bertz CT molecular complexity index is 1050. The molecule has 0 saturated carbocycles. The molecule has 2 aromatic heterocycles. The van der Waals surface area contributed by atoms with Crippen LogP contribution in [0.4, 0.5) is 0 Å². The van der Waals surface area contributed by atoms with Gasteiger partial charge in [-0.1, -0.05) is 6.07 Å². The summed E-state index contributed by atoms with van der Waals surface area (Å²) in [6, 6.07) is 17.8. The second-order valence-electron chi connectivity index (χ2n) is 8.07. The summed E-state index contributed by atoms with van der Waals surface area (Å²) in [6.45, 7) is 4.18. The Balaban J connectivity index is 1.46. The molecule has 1 N–H and O–H groups in total. The van der Waals surface area contributed by atoms with Crippen molar-refractivity contribution >= 4 is 17.3 Å². The number of benzene rings is 1. The molecule has 2 saturated heterocycles. The smallest absolute Gasteiger partial charge is 0.170 e. The van der Waals surface area contributed by atoms with E-state index in [1.807, 2.05) is 67.7 Å². The zero-order chi connectivity index (χ0) is 21.9. The van der Waals surface area contributed by atoms with Gasteiger partial charge in [-0.2, -0.15) is 0 Å². The molecule has 2 aliphatic rings. The first-order valence-corrected chi connectivity index (χ1v) is 11.6. The molecule has 1 aromatic carbocycles. The van der Waals surface area contributed by atoms with E-state index < -0.39 is 0 Å². The summed E-state index contributed by atoms with van der Waals surface area (Å²) in [5.41, 5.74) is 1.95. The van der Waals surface area contributed by atoms with Gasteiger partial charge in [0.25, 0.3) is 0 Å². The first kappa shape index (κ1) is 21.0. The van der Waals surface area contributed by atoms with E-state index in [0.717, 1.165) is 54.5 Å². The van der Waals surface area contributed by atoms with Gasteiger partial charge in [0.1, 0.15) is 23.3 Å². The number of pyridine rings is 1. The van der Waals surface area contributed by atoms with E-state index in [4.69, 9.17) is 26.1 Å². The minimum absolute atomic E-state index is 0.0931. The minimum atomic E-state index is -0.0990. The third-order valence-corrected chi connectivity index (χ3v) is 6.34. The molecule has 0 radical (unpaired) electrons. The van der Waals surface area contributed by atoms with Gasteiger partial charge in [0.15, 0.2) is 5.11 Å². The second kappa shape index (κ2) is 9.30. The van der Waals surface area contributed by atoms with Crippen LogP contribution in [0.3, 0.4) is 0 Å². The fourth-order valence-corrected chi connectivity index (χ4v) is 4.78. The Hall–Kier alpha value is -2.90. The molecule has 6 nitrogen and oxygen atoms in total. The van der Waals surface area contributed by atoms with Crippen molar-refractivity contribution in [2.45, 2.75) is 38.0 Å². The maximum atomic E-state index is 6.40. The number of aromatic nitrogens is 1. The number of hydrogen-bond acceptors (Lipinski definition) is 5. The van der Waals surface area contributed by atoms with Crippen LogP contribution in [-0.2, 0) is 4.74 Å². The van der Waals surface area contributed by atoms with Crippen molar-refractivity contribution in [2.75, 3.05) is 19.8 Å². The lowest BCUT2D eigenvalue weighted by molar-refractivity contribution is 0.0818. The Morgan fingerprint density at radius 2 is 2.03 bits per heavy atom. The monoisotopic (exact) mass is 449 g/mol. The normalized spacial score (nSPS) is 22.8. The molecule has 2 fully saturated rings. The molecule has 0 bridgehead atoms. The molecule has 7 heteroatoms. The number of nitrogens with one attached hydrogen (secondary N) is 1. The summed E-state index contributed by atoms with van der Waals surface area (Å²) in [5, 5.41) is 4.18. The van der Waals surface area contributed by atoms with E-state index in [1.54, 1.807) is 0 Å². The van der Waals surface area contributed by atoms with Crippen molar-refractivity contribution < 1.29 is 13.9 Å². The summed E-state index contributed by atoms with van der Waals surface area (Å²) in [7, 11) is 0. The number of rotatable bonds is 7. The predicted molar refractivity (Wildman–Crippen MR) is 126 cm³/mol. The molecular formula is C25H27N3O3S. The van der Waals surface area contributed by atoms with E-state index >= 15 is 0 Å². The quantitative estimate of drug-likeness (QED) is 0.515. The van der Waals surface area contributed by atoms with Gasteiger partial charge < -0.3 is 24.1 Å². The Morgan fingerprint density at radius 1 is 1.16 bits per heavy atom. The molecule has 166 valence electrons.